The van der Waals surface area contributed by atoms with Crippen LogP contribution in [0.4, 0.5) is 0 Å². The number of nitrogens with one attached hydrogen (secondary N) is 1. The van der Waals surface area contributed by atoms with Gasteiger partial charge in [0.05, 0.1) is 0 Å². The highest BCUT2D eigenvalue weighted by Gasteiger charge is 2.12. The van der Waals surface area contributed by atoms with Crippen molar-refractivity contribution in [2.45, 2.75) is 40.0 Å². The molecule has 0 unspecified atom stereocenters. The molecule has 0 heterocycles. The highest BCUT2D eigenvalue weighted by molar-refractivity contribution is 7.85. The molecule has 0 fully saturated rings. The zero-order valence-electron chi connectivity index (χ0n) is 9.41. The largest absolute Gasteiger partial charge is 0.340 e. The predicted molar refractivity (Wildman–Crippen MR) is 57.9 cm³/mol. The van der Waals surface area contributed by atoms with Crippen molar-refractivity contribution < 1.29 is 17.8 Å². The lowest BCUT2D eigenvalue weighted by molar-refractivity contribution is -0.120. The molecule has 0 aromatic rings. The molecular formula is C9H19NO4S. The van der Waals surface area contributed by atoms with Gasteiger partial charge in [0.1, 0.15) is 5.88 Å². The zero-order chi connectivity index (χ0) is 12.1. The van der Waals surface area contributed by atoms with Crippen LogP contribution in [-0.2, 0) is 14.9 Å². The molecule has 0 aromatic heterocycles. The summed E-state index contributed by atoms with van der Waals surface area (Å²) in [7, 11) is -4.10. The minimum atomic E-state index is -4.10. The standard InChI is InChI=1S/C9H19NO4S/c1-9(2,3)6-4-5-8(11)10-7-15(12,13)14/h4-7H2,1-3H3,(H,10,11)(H,12,13,14). The summed E-state index contributed by atoms with van der Waals surface area (Å²) in [4.78, 5) is 11.1. The van der Waals surface area contributed by atoms with E-state index in [-0.39, 0.29) is 17.7 Å². The molecule has 0 atom stereocenters. The number of hydrogen-bond donors (Lipinski definition) is 2. The fraction of sp³-hybridized carbons (Fsp3) is 0.889. The third kappa shape index (κ3) is 11.3. The highest BCUT2D eigenvalue weighted by Crippen LogP contribution is 2.21. The van der Waals surface area contributed by atoms with E-state index in [1.54, 1.807) is 0 Å². The van der Waals surface area contributed by atoms with Crippen LogP contribution < -0.4 is 5.32 Å². The Hall–Kier alpha value is -0.620. The van der Waals surface area contributed by atoms with Gasteiger partial charge >= 0.3 is 0 Å². The van der Waals surface area contributed by atoms with Crippen LogP contribution in [0.25, 0.3) is 0 Å². The molecule has 5 nitrogen and oxygen atoms in total. The molecule has 0 aliphatic heterocycles. The molecule has 15 heavy (non-hydrogen) atoms. The summed E-state index contributed by atoms with van der Waals surface area (Å²) in [5.74, 6) is -1.06. The second-order valence-corrected chi connectivity index (χ2v) is 6.19. The van der Waals surface area contributed by atoms with Gasteiger partial charge in [-0.1, -0.05) is 20.8 Å². The van der Waals surface area contributed by atoms with Gasteiger partial charge in [0.25, 0.3) is 10.1 Å². The smallest absolute Gasteiger partial charge is 0.283 e. The Labute approximate surface area is 91.0 Å². The number of hydrogen-bond acceptors (Lipinski definition) is 3. The zero-order valence-corrected chi connectivity index (χ0v) is 10.2. The van der Waals surface area contributed by atoms with Crippen molar-refractivity contribution in [2.75, 3.05) is 5.88 Å². The number of carbonyl (C=O) groups is 1. The molecule has 0 radical (unpaired) electrons. The maximum absolute atomic E-state index is 11.1. The van der Waals surface area contributed by atoms with E-state index in [9.17, 15) is 13.2 Å². The molecule has 1 amide bonds. The van der Waals surface area contributed by atoms with Crippen molar-refractivity contribution in [3.63, 3.8) is 0 Å². The van der Waals surface area contributed by atoms with Gasteiger partial charge in [0.15, 0.2) is 0 Å². The van der Waals surface area contributed by atoms with Crippen molar-refractivity contribution in [1.82, 2.24) is 5.32 Å². The summed E-state index contributed by atoms with van der Waals surface area (Å²) in [6, 6.07) is 0. The molecule has 0 saturated carbocycles. The van der Waals surface area contributed by atoms with Crippen LogP contribution in [0.3, 0.4) is 0 Å². The maximum atomic E-state index is 11.1. The highest BCUT2D eigenvalue weighted by atomic mass is 32.2. The lowest BCUT2D eigenvalue weighted by Gasteiger charge is -2.17. The van der Waals surface area contributed by atoms with Gasteiger partial charge in [-0.05, 0) is 18.3 Å². The summed E-state index contributed by atoms with van der Waals surface area (Å²) in [5.41, 5.74) is 0.170. The molecule has 6 heteroatoms. The molecule has 0 rings (SSSR count). The number of carbonyl (C=O) groups excluding carboxylic acids is 1. The van der Waals surface area contributed by atoms with E-state index in [4.69, 9.17) is 4.55 Å². The average Bonchev–Trinajstić information content (AvgIpc) is 1.97. The van der Waals surface area contributed by atoms with Gasteiger partial charge in [-0.15, -0.1) is 0 Å². The Morgan fingerprint density at radius 3 is 2.27 bits per heavy atom. The fourth-order valence-corrected chi connectivity index (χ4v) is 1.38. The molecule has 2 N–H and O–H groups in total. The Morgan fingerprint density at radius 2 is 1.87 bits per heavy atom. The van der Waals surface area contributed by atoms with Gasteiger partial charge in [-0.2, -0.15) is 8.42 Å². The van der Waals surface area contributed by atoms with Crippen molar-refractivity contribution in [3.8, 4) is 0 Å². The molecule has 0 aromatic carbocycles. The fourth-order valence-electron chi connectivity index (χ4n) is 1.04. The molecular weight excluding hydrogens is 218 g/mol. The molecule has 0 saturated heterocycles. The Balaban J connectivity index is 3.69. The van der Waals surface area contributed by atoms with E-state index in [0.717, 1.165) is 6.42 Å². The minimum Gasteiger partial charge on any atom is -0.340 e. The van der Waals surface area contributed by atoms with Crippen molar-refractivity contribution in [1.29, 1.82) is 0 Å². The van der Waals surface area contributed by atoms with Gasteiger partial charge < -0.3 is 5.32 Å². The molecule has 0 bridgehead atoms. The predicted octanol–water partition coefficient (Wildman–Crippen LogP) is 1.16. The van der Waals surface area contributed by atoms with Crippen LogP contribution in [0.5, 0.6) is 0 Å². The van der Waals surface area contributed by atoms with Crippen LogP contribution in [0.15, 0.2) is 0 Å². The summed E-state index contributed by atoms with van der Waals surface area (Å²) >= 11 is 0. The first-order valence-corrected chi connectivity index (χ1v) is 6.43. The number of amides is 1. The maximum Gasteiger partial charge on any atom is 0.283 e. The lowest BCUT2D eigenvalue weighted by atomic mass is 9.90. The first kappa shape index (κ1) is 14.4. The molecule has 0 spiro atoms. The quantitative estimate of drug-likeness (QED) is 0.703. The Bertz CT molecular complexity index is 303. The average molecular weight is 237 g/mol. The summed E-state index contributed by atoms with van der Waals surface area (Å²) in [6.45, 7) is 6.22. The van der Waals surface area contributed by atoms with Crippen LogP contribution in [0, 0.1) is 5.41 Å². The summed E-state index contributed by atoms with van der Waals surface area (Å²) in [6.07, 6.45) is 1.89. The van der Waals surface area contributed by atoms with Gasteiger partial charge in [0, 0.05) is 6.42 Å². The van der Waals surface area contributed by atoms with Crippen molar-refractivity contribution >= 4 is 16.0 Å². The Morgan fingerprint density at radius 1 is 1.33 bits per heavy atom. The van der Waals surface area contributed by atoms with Crippen molar-refractivity contribution in [3.05, 3.63) is 0 Å². The van der Waals surface area contributed by atoms with Crippen LogP contribution in [0.1, 0.15) is 40.0 Å². The van der Waals surface area contributed by atoms with E-state index in [1.165, 1.54) is 0 Å². The van der Waals surface area contributed by atoms with Crippen LogP contribution in [-0.4, -0.2) is 24.8 Å². The second kappa shape index (κ2) is 5.46. The molecule has 90 valence electrons. The third-order valence-electron chi connectivity index (χ3n) is 1.78. The first-order chi connectivity index (χ1) is 6.60. The topological polar surface area (TPSA) is 83.5 Å². The summed E-state index contributed by atoms with van der Waals surface area (Å²) in [5, 5.41) is 2.13. The van der Waals surface area contributed by atoms with Gasteiger partial charge in [-0.3, -0.25) is 9.35 Å². The van der Waals surface area contributed by atoms with Crippen LogP contribution >= 0.6 is 0 Å². The van der Waals surface area contributed by atoms with E-state index in [1.807, 2.05) is 0 Å². The van der Waals surface area contributed by atoms with Gasteiger partial charge in [-0.25, -0.2) is 0 Å². The normalized spacial score (nSPS) is 12.5. The summed E-state index contributed by atoms with van der Waals surface area (Å²) < 4.78 is 29.0. The van der Waals surface area contributed by atoms with E-state index >= 15 is 0 Å². The van der Waals surface area contributed by atoms with E-state index in [2.05, 4.69) is 26.1 Å². The second-order valence-electron chi connectivity index (χ2n) is 4.74. The number of rotatable bonds is 5. The monoisotopic (exact) mass is 237 g/mol. The SMILES string of the molecule is CC(C)(C)CCCC(=O)NCS(=O)(=O)O. The minimum absolute atomic E-state index is 0.170. The molecule has 0 aliphatic carbocycles. The Kier molecular flexibility index (Phi) is 5.23. The van der Waals surface area contributed by atoms with E-state index < -0.39 is 16.0 Å². The van der Waals surface area contributed by atoms with E-state index in [0.29, 0.717) is 6.42 Å². The third-order valence-corrected chi connectivity index (χ3v) is 2.29. The first-order valence-electron chi connectivity index (χ1n) is 4.82. The molecule has 0 aliphatic rings. The lowest BCUT2D eigenvalue weighted by Crippen LogP contribution is -2.29. The van der Waals surface area contributed by atoms with Crippen LogP contribution in [0.2, 0.25) is 0 Å². The van der Waals surface area contributed by atoms with Crippen molar-refractivity contribution in [2.24, 2.45) is 5.41 Å². The van der Waals surface area contributed by atoms with Gasteiger partial charge in [0.2, 0.25) is 5.91 Å².